The van der Waals surface area contributed by atoms with Gasteiger partial charge in [0, 0.05) is 12.6 Å². The molecule has 7 nitrogen and oxygen atoms in total. The number of halogens is 1. The summed E-state index contributed by atoms with van der Waals surface area (Å²) in [5, 5.41) is 14.8. The Labute approximate surface area is 130 Å². The fraction of sp³-hybridized carbons (Fsp3) is 0.0667. The van der Waals surface area contributed by atoms with Crippen molar-refractivity contribution in [2.45, 2.75) is 6.42 Å². The topological polar surface area (TPSA) is 98.3 Å². The smallest absolute Gasteiger partial charge is 0.203 e. The van der Waals surface area contributed by atoms with Crippen LogP contribution in [0.3, 0.4) is 0 Å². The second-order valence-corrected chi connectivity index (χ2v) is 5.12. The third-order valence-corrected chi connectivity index (χ3v) is 3.52. The molecule has 0 spiro atoms. The molecule has 23 heavy (non-hydrogen) atoms. The Hall–Kier alpha value is -3.29. The van der Waals surface area contributed by atoms with Gasteiger partial charge in [0.2, 0.25) is 5.65 Å². The highest BCUT2D eigenvalue weighted by molar-refractivity contribution is 5.76. The van der Waals surface area contributed by atoms with E-state index in [0.717, 1.165) is 11.1 Å². The number of hydrogen-bond acceptors (Lipinski definition) is 5. The highest BCUT2D eigenvalue weighted by atomic mass is 19.1. The summed E-state index contributed by atoms with van der Waals surface area (Å²) in [4.78, 5) is 4.10. The zero-order chi connectivity index (χ0) is 15.8. The molecule has 114 valence electrons. The van der Waals surface area contributed by atoms with E-state index in [-0.39, 0.29) is 5.82 Å². The number of anilines is 1. The van der Waals surface area contributed by atoms with Crippen molar-refractivity contribution >= 4 is 17.0 Å². The number of aromatic nitrogens is 6. The molecule has 0 unspecified atom stereocenters. The van der Waals surface area contributed by atoms with Gasteiger partial charge in [-0.15, -0.1) is 5.10 Å². The fourth-order valence-electron chi connectivity index (χ4n) is 2.50. The number of nitrogens with zero attached hydrogens (tertiary/aromatic N) is 5. The molecule has 3 heterocycles. The van der Waals surface area contributed by atoms with Crippen molar-refractivity contribution in [3.05, 3.63) is 59.7 Å². The molecule has 0 aliphatic rings. The molecule has 0 aliphatic carbocycles. The quantitative estimate of drug-likeness (QED) is 0.602. The van der Waals surface area contributed by atoms with E-state index in [4.69, 9.17) is 5.73 Å². The Morgan fingerprint density at radius 2 is 2.09 bits per heavy atom. The molecule has 1 aromatic carbocycles. The lowest BCUT2D eigenvalue weighted by Gasteiger charge is -2.02. The van der Waals surface area contributed by atoms with Gasteiger partial charge in [-0.1, -0.05) is 12.1 Å². The van der Waals surface area contributed by atoms with Crippen LogP contribution in [0.2, 0.25) is 0 Å². The number of hydrogen-bond donors (Lipinski definition) is 2. The number of aromatic amines is 1. The molecular formula is C15H12FN7. The van der Waals surface area contributed by atoms with Gasteiger partial charge in [0.15, 0.2) is 0 Å². The molecule has 4 rings (SSSR count). The van der Waals surface area contributed by atoms with Gasteiger partial charge in [-0.05, 0) is 29.3 Å². The number of nitrogen functional groups attached to an aromatic ring is 1. The van der Waals surface area contributed by atoms with Crippen LogP contribution in [0.25, 0.3) is 16.9 Å². The summed E-state index contributed by atoms with van der Waals surface area (Å²) in [6.45, 7) is 0. The predicted molar refractivity (Wildman–Crippen MR) is 82.4 cm³/mol. The minimum atomic E-state index is -0.325. The second kappa shape index (κ2) is 5.16. The average molecular weight is 309 g/mol. The second-order valence-electron chi connectivity index (χ2n) is 5.12. The fourth-order valence-corrected chi connectivity index (χ4v) is 2.50. The van der Waals surface area contributed by atoms with Crippen molar-refractivity contribution in [3.63, 3.8) is 0 Å². The van der Waals surface area contributed by atoms with Crippen LogP contribution in [0, 0.1) is 5.82 Å². The average Bonchev–Trinajstić information content (AvgIpc) is 3.17. The summed E-state index contributed by atoms with van der Waals surface area (Å²) in [7, 11) is 0. The van der Waals surface area contributed by atoms with E-state index >= 15 is 0 Å². The maximum Gasteiger partial charge on any atom is 0.203 e. The standard InChI is InChI=1S/C15H12FN7/c16-11-3-1-2-4-12(11)23-8-9(7-18-23)5-10-6-13(17)19-15-14(10)20-22-21-15/h1-4,6-8H,5H2,(H3,17,19,20,21,22). The van der Waals surface area contributed by atoms with E-state index < -0.39 is 0 Å². The van der Waals surface area contributed by atoms with Crippen LogP contribution in [-0.2, 0) is 6.42 Å². The van der Waals surface area contributed by atoms with Crippen LogP contribution in [0.4, 0.5) is 10.2 Å². The summed E-state index contributed by atoms with van der Waals surface area (Å²) in [5.41, 5.74) is 9.12. The number of benzene rings is 1. The number of nitrogens with one attached hydrogen (secondary N) is 1. The SMILES string of the molecule is Nc1cc(Cc2cnn(-c3ccccc3F)c2)c2n[nH]nc2n1. The number of para-hydroxylation sites is 1. The molecule has 0 aliphatic heterocycles. The summed E-state index contributed by atoms with van der Waals surface area (Å²) in [5.74, 6) is 0.0529. The molecule has 0 saturated heterocycles. The summed E-state index contributed by atoms with van der Waals surface area (Å²) >= 11 is 0. The van der Waals surface area contributed by atoms with Crippen LogP contribution in [0.15, 0.2) is 42.7 Å². The molecular weight excluding hydrogens is 297 g/mol. The Morgan fingerprint density at radius 1 is 1.22 bits per heavy atom. The number of pyridine rings is 1. The van der Waals surface area contributed by atoms with Crippen molar-refractivity contribution in [1.82, 2.24) is 30.2 Å². The lowest BCUT2D eigenvalue weighted by molar-refractivity contribution is 0.611. The molecule has 0 amide bonds. The van der Waals surface area contributed by atoms with Gasteiger partial charge in [0.1, 0.15) is 22.8 Å². The summed E-state index contributed by atoms with van der Waals surface area (Å²) < 4.78 is 15.3. The molecule has 0 fully saturated rings. The van der Waals surface area contributed by atoms with E-state index in [2.05, 4.69) is 25.5 Å². The maximum atomic E-state index is 13.8. The van der Waals surface area contributed by atoms with Crippen molar-refractivity contribution in [3.8, 4) is 5.69 Å². The zero-order valence-corrected chi connectivity index (χ0v) is 11.9. The van der Waals surface area contributed by atoms with Crippen molar-refractivity contribution in [1.29, 1.82) is 0 Å². The first-order chi connectivity index (χ1) is 11.2. The van der Waals surface area contributed by atoms with E-state index in [1.807, 2.05) is 0 Å². The minimum Gasteiger partial charge on any atom is -0.384 e. The highest BCUT2D eigenvalue weighted by Gasteiger charge is 2.11. The van der Waals surface area contributed by atoms with Gasteiger partial charge in [-0.3, -0.25) is 0 Å². The Balaban J connectivity index is 1.70. The molecule has 0 atom stereocenters. The number of H-pyrrole nitrogens is 1. The first-order valence-corrected chi connectivity index (χ1v) is 6.95. The number of rotatable bonds is 3. The molecule has 0 radical (unpaired) electrons. The van der Waals surface area contributed by atoms with E-state index in [9.17, 15) is 4.39 Å². The lowest BCUT2D eigenvalue weighted by Crippen LogP contribution is -1.98. The van der Waals surface area contributed by atoms with Crippen LogP contribution in [-0.4, -0.2) is 30.2 Å². The van der Waals surface area contributed by atoms with Crippen molar-refractivity contribution < 1.29 is 4.39 Å². The summed E-state index contributed by atoms with van der Waals surface area (Å²) in [6.07, 6.45) is 4.01. The third-order valence-electron chi connectivity index (χ3n) is 3.52. The van der Waals surface area contributed by atoms with Crippen molar-refractivity contribution in [2.24, 2.45) is 0 Å². The first-order valence-electron chi connectivity index (χ1n) is 6.95. The van der Waals surface area contributed by atoms with Gasteiger partial charge in [0.25, 0.3) is 0 Å². The van der Waals surface area contributed by atoms with Gasteiger partial charge in [0.05, 0.1) is 6.20 Å². The van der Waals surface area contributed by atoms with Gasteiger partial charge < -0.3 is 5.73 Å². The molecule has 3 N–H and O–H groups in total. The van der Waals surface area contributed by atoms with Crippen LogP contribution in [0.5, 0.6) is 0 Å². The minimum absolute atomic E-state index is 0.325. The largest absolute Gasteiger partial charge is 0.384 e. The van der Waals surface area contributed by atoms with Crippen molar-refractivity contribution in [2.75, 3.05) is 5.73 Å². The van der Waals surface area contributed by atoms with Crippen LogP contribution in [0.1, 0.15) is 11.1 Å². The summed E-state index contributed by atoms with van der Waals surface area (Å²) in [6, 6.07) is 8.24. The van der Waals surface area contributed by atoms with Gasteiger partial charge >= 0.3 is 0 Å². The normalized spacial score (nSPS) is 11.2. The zero-order valence-electron chi connectivity index (χ0n) is 11.9. The van der Waals surface area contributed by atoms with E-state index in [1.165, 1.54) is 10.7 Å². The third kappa shape index (κ3) is 2.39. The molecule has 3 aromatic heterocycles. The van der Waals surface area contributed by atoms with E-state index in [0.29, 0.717) is 29.1 Å². The lowest BCUT2D eigenvalue weighted by atomic mass is 10.1. The molecule has 4 aromatic rings. The monoisotopic (exact) mass is 309 g/mol. The number of nitrogens with two attached hydrogens (primary N) is 1. The maximum absolute atomic E-state index is 13.8. The van der Waals surface area contributed by atoms with Gasteiger partial charge in [-0.25, -0.2) is 14.1 Å². The molecule has 8 heteroatoms. The molecule has 0 bridgehead atoms. The van der Waals surface area contributed by atoms with Gasteiger partial charge in [-0.2, -0.15) is 15.4 Å². The Bertz CT molecular complexity index is 988. The molecule has 0 saturated carbocycles. The van der Waals surface area contributed by atoms with E-state index in [1.54, 1.807) is 36.7 Å². The first kappa shape index (κ1) is 13.4. The Morgan fingerprint density at radius 3 is 2.96 bits per heavy atom. The highest BCUT2D eigenvalue weighted by Crippen LogP contribution is 2.20. The van der Waals surface area contributed by atoms with Crippen LogP contribution < -0.4 is 5.73 Å². The number of fused-ring (bicyclic) bond motifs is 1. The van der Waals surface area contributed by atoms with Crippen LogP contribution >= 0.6 is 0 Å². The predicted octanol–water partition coefficient (Wildman–Crippen LogP) is 1.85. The Kier molecular flexibility index (Phi) is 3.00.